The minimum Gasteiger partial charge on any atom is -0.339 e. The second-order valence-electron chi connectivity index (χ2n) is 21.8. The van der Waals surface area contributed by atoms with Gasteiger partial charge in [-0.1, -0.05) is 151 Å². The number of benzene rings is 7. The van der Waals surface area contributed by atoms with Gasteiger partial charge in [0.05, 0.1) is 0 Å². The number of nitrogens with zero attached hydrogens (tertiary/aromatic N) is 3. The lowest BCUT2D eigenvalue weighted by atomic mass is 9.33. The maximum atomic E-state index is 2.74. The van der Waals surface area contributed by atoms with Gasteiger partial charge >= 0.3 is 0 Å². The van der Waals surface area contributed by atoms with Crippen molar-refractivity contribution in [3.63, 3.8) is 0 Å². The van der Waals surface area contributed by atoms with Crippen molar-refractivity contribution >= 4 is 57.2 Å². The van der Waals surface area contributed by atoms with Gasteiger partial charge in [0.2, 0.25) is 0 Å². The monoisotopic (exact) mass is 833 g/mol. The Labute approximate surface area is 381 Å². The first kappa shape index (κ1) is 39.6. The fraction of sp³-hybridized carbons (Fsp3) is 0.300. The lowest BCUT2D eigenvalue weighted by Gasteiger charge is -2.48. The van der Waals surface area contributed by atoms with E-state index in [1.807, 2.05) is 0 Å². The summed E-state index contributed by atoms with van der Waals surface area (Å²) in [4.78, 5) is 8.14. The Balaban J connectivity index is 1.21. The molecule has 0 N–H and O–H groups in total. The molecule has 5 aliphatic rings. The number of hydrogen-bond donors (Lipinski definition) is 0. The van der Waals surface area contributed by atoms with Crippen molar-refractivity contribution in [2.24, 2.45) is 0 Å². The summed E-state index contributed by atoms with van der Waals surface area (Å²) >= 11 is 0. The Bertz CT molecular complexity index is 3010. The molecular formula is C60H60BN3. The third kappa shape index (κ3) is 4.85. The minimum absolute atomic E-state index is 0.0533. The Morgan fingerprint density at radius 3 is 1.25 bits per heavy atom. The van der Waals surface area contributed by atoms with Crippen LogP contribution >= 0.6 is 0 Å². The number of hydrogen-bond acceptors (Lipinski definition) is 3. The van der Waals surface area contributed by atoms with Crippen LogP contribution in [0.4, 0.5) is 34.1 Å². The summed E-state index contributed by atoms with van der Waals surface area (Å²) < 4.78 is 0. The first-order chi connectivity index (χ1) is 30.6. The molecule has 0 amide bonds. The normalized spacial score (nSPS) is 16.8. The Kier molecular flexibility index (Phi) is 8.08. The van der Waals surface area contributed by atoms with Crippen LogP contribution in [0.15, 0.2) is 127 Å². The molecule has 0 saturated heterocycles. The van der Waals surface area contributed by atoms with E-state index < -0.39 is 0 Å². The first-order valence-corrected chi connectivity index (χ1v) is 23.9. The Hall–Kier alpha value is -6.00. The average Bonchev–Trinajstić information content (AvgIpc) is 3.76. The number of rotatable bonds is 5. The molecule has 0 radical (unpaired) electrons. The van der Waals surface area contributed by atoms with E-state index in [1.54, 1.807) is 0 Å². The van der Waals surface area contributed by atoms with Crippen LogP contribution in [-0.4, -0.2) is 24.8 Å². The van der Waals surface area contributed by atoms with E-state index >= 15 is 0 Å². The summed E-state index contributed by atoms with van der Waals surface area (Å²) in [6.07, 6.45) is 0. The standard InChI is InChI=1S/C60H60BN3/c1-34(2)62(49-27-19-26-44-52(49)38-20-13-16-23-41(38)58(44,7)8)37-32-50-55-51(33-37)64(36(5)6)57-48(31-29-46-54(57)40-22-15-18-25-43(40)60(46,11)12)61(55)47-30-28-45-53(56(47)63(50)35(3)4)39-21-14-17-24-42(39)59(45,9)10/h13-36H,1-12H3. The summed E-state index contributed by atoms with van der Waals surface area (Å²) in [5, 5.41) is 0. The van der Waals surface area contributed by atoms with Crippen molar-refractivity contribution in [1.82, 2.24) is 0 Å². The van der Waals surface area contributed by atoms with Crippen LogP contribution in [0.1, 0.15) is 116 Å². The highest BCUT2D eigenvalue weighted by Gasteiger charge is 2.50. The molecule has 2 aliphatic heterocycles. The second-order valence-corrected chi connectivity index (χ2v) is 21.8. The highest BCUT2D eigenvalue weighted by atomic mass is 15.2. The van der Waals surface area contributed by atoms with Gasteiger partial charge in [-0.25, -0.2) is 0 Å². The maximum Gasteiger partial charge on any atom is 0.252 e. The molecule has 0 bridgehead atoms. The molecule has 7 aromatic rings. The van der Waals surface area contributed by atoms with E-state index in [4.69, 9.17) is 0 Å². The van der Waals surface area contributed by atoms with E-state index in [-0.39, 0.29) is 41.1 Å². The SMILES string of the molecule is CC(C)N(c1cc2c3c(c1)N(C(C)C)c1c(ccc4c1-c1ccccc1C4(C)C)B3c1ccc3c(c1N2C(C)C)-c1ccccc1C3(C)C)c1cccc2c1-c1ccccc1C2(C)C. The predicted octanol–water partition coefficient (Wildman–Crippen LogP) is 13.4. The van der Waals surface area contributed by atoms with E-state index in [0.717, 1.165) is 0 Å². The zero-order chi connectivity index (χ0) is 44.5. The smallest absolute Gasteiger partial charge is 0.252 e. The average molecular weight is 834 g/mol. The molecule has 0 fully saturated rings. The van der Waals surface area contributed by atoms with Crippen LogP contribution in [0.5, 0.6) is 0 Å². The van der Waals surface area contributed by atoms with Gasteiger partial charge in [0.15, 0.2) is 0 Å². The van der Waals surface area contributed by atoms with Crippen LogP contribution < -0.4 is 31.1 Å². The molecule has 0 aromatic heterocycles. The fourth-order valence-corrected chi connectivity index (χ4v) is 13.5. The van der Waals surface area contributed by atoms with Gasteiger partial charge in [-0.3, -0.25) is 0 Å². The summed E-state index contributed by atoms with van der Waals surface area (Å²) in [5.74, 6) is 0. The molecule has 7 aromatic carbocycles. The van der Waals surface area contributed by atoms with Crippen molar-refractivity contribution < 1.29 is 0 Å². The Morgan fingerprint density at radius 2 is 0.828 bits per heavy atom. The molecule has 4 heteroatoms. The van der Waals surface area contributed by atoms with Gasteiger partial charge < -0.3 is 14.7 Å². The molecule has 0 atom stereocenters. The lowest BCUT2D eigenvalue weighted by Crippen LogP contribution is -2.63. The molecule has 0 unspecified atom stereocenters. The minimum atomic E-state index is -0.113. The van der Waals surface area contributed by atoms with Crippen molar-refractivity contribution in [3.05, 3.63) is 161 Å². The van der Waals surface area contributed by atoms with E-state index in [9.17, 15) is 0 Å². The summed E-state index contributed by atoms with van der Waals surface area (Å²) in [6, 6.07) is 50.4. The third-order valence-corrected chi connectivity index (χ3v) is 16.2. The molecular weight excluding hydrogens is 773 g/mol. The van der Waals surface area contributed by atoms with Gasteiger partial charge in [-0.15, -0.1) is 0 Å². The number of fused-ring (bicyclic) bond motifs is 15. The molecule has 0 spiro atoms. The van der Waals surface area contributed by atoms with Gasteiger partial charge in [-0.2, -0.15) is 0 Å². The molecule has 318 valence electrons. The number of anilines is 6. The third-order valence-electron chi connectivity index (χ3n) is 16.2. The van der Waals surface area contributed by atoms with E-state index in [1.165, 1.54) is 117 Å². The second kappa shape index (κ2) is 13.1. The summed E-state index contributed by atoms with van der Waals surface area (Å²) in [6.45, 7) is 28.9. The van der Waals surface area contributed by atoms with Gasteiger partial charge in [-0.05, 0) is 126 Å². The first-order valence-electron chi connectivity index (χ1n) is 23.9. The topological polar surface area (TPSA) is 9.72 Å². The van der Waals surface area contributed by atoms with Gasteiger partial charge in [0.25, 0.3) is 6.71 Å². The van der Waals surface area contributed by atoms with Crippen molar-refractivity contribution in [3.8, 4) is 33.4 Å². The predicted molar refractivity (Wildman–Crippen MR) is 275 cm³/mol. The molecule has 3 nitrogen and oxygen atoms in total. The maximum absolute atomic E-state index is 2.74. The molecule has 64 heavy (non-hydrogen) atoms. The largest absolute Gasteiger partial charge is 0.339 e. The van der Waals surface area contributed by atoms with Gasteiger partial charge in [0, 0.05) is 85.2 Å². The zero-order valence-corrected chi connectivity index (χ0v) is 39.8. The zero-order valence-electron chi connectivity index (χ0n) is 39.8. The molecule has 2 heterocycles. The van der Waals surface area contributed by atoms with E-state index in [2.05, 4.69) is 225 Å². The van der Waals surface area contributed by atoms with Crippen LogP contribution in [0.2, 0.25) is 0 Å². The van der Waals surface area contributed by atoms with Crippen LogP contribution in [0, 0.1) is 0 Å². The molecule has 3 aliphatic carbocycles. The van der Waals surface area contributed by atoms with Crippen molar-refractivity contribution in [1.29, 1.82) is 0 Å². The van der Waals surface area contributed by atoms with Crippen molar-refractivity contribution in [2.45, 2.75) is 117 Å². The summed E-state index contributed by atoms with van der Waals surface area (Å²) in [7, 11) is 0. The van der Waals surface area contributed by atoms with Crippen LogP contribution in [0.25, 0.3) is 33.4 Å². The quantitative estimate of drug-likeness (QED) is 0.160. The Morgan fingerprint density at radius 1 is 0.438 bits per heavy atom. The van der Waals surface area contributed by atoms with Crippen LogP contribution in [-0.2, 0) is 16.2 Å². The van der Waals surface area contributed by atoms with Gasteiger partial charge in [0.1, 0.15) is 0 Å². The fourth-order valence-electron chi connectivity index (χ4n) is 13.5. The summed E-state index contributed by atoms with van der Waals surface area (Å²) in [5.41, 5.74) is 28.6. The molecule has 12 rings (SSSR count). The van der Waals surface area contributed by atoms with Crippen LogP contribution in [0.3, 0.4) is 0 Å². The highest BCUT2D eigenvalue weighted by molar-refractivity contribution is 7.00. The molecule has 0 saturated carbocycles. The highest BCUT2D eigenvalue weighted by Crippen LogP contribution is 2.58. The van der Waals surface area contributed by atoms with E-state index in [0.29, 0.717) is 0 Å². The lowest BCUT2D eigenvalue weighted by molar-refractivity contribution is 0.660. The van der Waals surface area contributed by atoms with Crippen molar-refractivity contribution in [2.75, 3.05) is 14.7 Å².